The Labute approximate surface area is 153 Å². The summed E-state index contributed by atoms with van der Waals surface area (Å²) in [5.74, 6) is 1.43. The zero-order valence-corrected chi connectivity index (χ0v) is 15.5. The molecule has 138 valence electrons. The van der Waals surface area contributed by atoms with Crippen molar-refractivity contribution in [1.82, 2.24) is 10.2 Å². The van der Waals surface area contributed by atoms with Gasteiger partial charge in [0.2, 0.25) is 6.79 Å². The van der Waals surface area contributed by atoms with Gasteiger partial charge in [0.15, 0.2) is 11.5 Å². The Balaban J connectivity index is 1.63. The van der Waals surface area contributed by atoms with Crippen LogP contribution in [0, 0.1) is 5.92 Å². The van der Waals surface area contributed by atoms with Crippen LogP contribution in [0.25, 0.3) is 0 Å². The van der Waals surface area contributed by atoms with Gasteiger partial charge in [-0.15, -0.1) is 0 Å². The normalized spacial score (nSPS) is 18.4. The highest BCUT2D eigenvalue weighted by Crippen LogP contribution is 2.39. The lowest BCUT2D eigenvalue weighted by Gasteiger charge is -2.35. The third-order valence-electron chi connectivity index (χ3n) is 4.49. The van der Waals surface area contributed by atoms with E-state index in [1.807, 2.05) is 0 Å². The van der Waals surface area contributed by atoms with Crippen molar-refractivity contribution >= 4 is 17.5 Å². The van der Waals surface area contributed by atoms with Crippen molar-refractivity contribution in [2.75, 3.05) is 39.6 Å². The monoisotopic (exact) mass is 368 g/mol. The zero-order chi connectivity index (χ0) is 17.8. The van der Waals surface area contributed by atoms with Gasteiger partial charge in [0.05, 0.1) is 18.2 Å². The standard InChI is InChI=1S/C18H25ClN2O4/c1-12(2)7-14(21-3-5-23-6-4-21)10-20-18(22)13-8-15(19)17-16(9-13)24-11-25-17/h8-9,12,14H,3-7,10-11H2,1-2H3,(H,20,22). The van der Waals surface area contributed by atoms with Gasteiger partial charge in [-0.1, -0.05) is 25.4 Å². The predicted octanol–water partition coefficient (Wildman–Crippen LogP) is 2.55. The number of amides is 1. The molecule has 1 N–H and O–H groups in total. The number of rotatable bonds is 6. The number of carbonyl (C=O) groups is 1. The quantitative estimate of drug-likeness (QED) is 0.836. The van der Waals surface area contributed by atoms with Crippen LogP contribution in [-0.4, -0.2) is 56.5 Å². The molecule has 0 radical (unpaired) electrons. The van der Waals surface area contributed by atoms with E-state index in [0.29, 0.717) is 40.6 Å². The topological polar surface area (TPSA) is 60.0 Å². The minimum Gasteiger partial charge on any atom is -0.454 e. The molecule has 25 heavy (non-hydrogen) atoms. The Morgan fingerprint density at radius 3 is 2.76 bits per heavy atom. The van der Waals surface area contributed by atoms with Crippen molar-refractivity contribution in [2.45, 2.75) is 26.3 Å². The van der Waals surface area contributed by atoms with Crippen LogP contribution < -0.4 is 14.8 Å². The fourth-order valence-corrected chi connectivity index (χ4v) is 3.52. The molecule has 1 aromatic carbocycles. The molecular formula is C18H25ClN2O4. The highest BCUT2D eigenvalue weighted by molar-refractivity contribution is 6.32. The Bertz CT molecular complexity index is 617. The summed E-state index contributed by atoms with van der Waals surface area (Å²) in [7, 11) is 0. The van der Waals surface area contributed by atoms with Crippen molar-refractivity contribution in [3.63, 3.8) is 0 Å². The van der Waals surface area contributed by atoms with Gasteiger partial charge in [-0.3, -0.25) is 9.69 Å². The summed E-state index contributed by atoms with van der Waals surface area (Å²) < 4.78 is 16.1. The second-order valence-electron chi connectivity index (χ2n) is 6.83. The number of ether oxygens (including phenoxy) is 3. The van der Waals surface area contributed by atoms with Gasteiger partial charge in [-0.25, -0.2) is 0 Å². The number of fused-ring (bicyclic) bond motifs is 1. The highest BCUT2D eigenvalue weighted by Gasteiger charge is 2.24. The highest BCUT2D eigenvalue weighted by atomic mass is 35.5. The van der Waals surface area contributed by atoms with Crippen molar-refractivity contribution in [1.29, 1.82) is 0 Å². The number of morpholine rings is 1. The number of halogens is 1. The smallest absolute Gasteiger partial charge is 0.251 e. The molecule has 2 aliphatic heterocycles. The molecule has 1 aromatic rings. The molecular weight excluding hydrogens is 344 g/mol. The first-order chi connectivity index (χ1) is 12.0. The second kappa shape index (κ2) is 8.25. The molecule has 1 unspecified atom stereocenters. The third kappa shape index (κ3) is 4.57. The molecule has 0 bridgehead atoms. The predicted molar refractivity (Wildman–Crippen MR) is 95.5 cm³/mol. The van der Waals surface area contributed by atoms with Crippen LogP contribution in [0.2, 0.25) is 5.02 Å². The first-order valence-electron chi connectivity index (χ1n) is 8.73. The minimum absolute atomic E-state index is 0.133. The maximum Gasteiger partial charge on any atom is 0.251 e. The van der Waals surface area contributed by atoms with Crippen LogP contribution in [0.4, 0.5) is 0 Å². The lowest BCUT2D eigenvalue weighted by atomic mass is 10.0. The lowest BCUT2D eigenvalue weighted by Crippen LogP contribution is -2.49. The molecule has 1 saturated heterocycles. The van der Waals surface area contributed by atoms with Gasteiger partial charge in [0, 0.05) is 31.2 Å². The van der Waals surface area contributed by atoms with Gasteiger partial charge in [-0.05, 0) is 24.5 Å². The number of benzene rings is 1. The molecule has 0 aliphatic carbocycles. The number of hydrogen-bond acceptors (Lipinski definition) is 5. The Morgan fingerprint density at radius 2 is 2.04 bits per heavy atom. The van der Waals surface area contributed by atoms with E-state index in [4.69, 9.17) is 25.8 Å². The van der Waals surface area contributed by atoms with Crippen molar-refractivity contribution in [2.24, 2.45) is 5.92 Å². The van der Waals surface area contributed by atoms with E-state index >= 15 is 0 Å². The maximum absolute atomic E-state index is 12.6. The van der Waals surface area contributed by atoms with E-state index in [2.05, 4.69) is 24.1 Å². The van der Waals surface area contributed by atoms with Crippen LogP contribution in [0.1, 0.15) is 30.6 Å². The molecule has 1 amide bonds. The summed E-state index contributed by atoms with van der Waals surface area (Å²) in [5, 5.41) is 3.44. The zero-order valence-electron chi connectivity index (χ0n) is 14.7. The Morgan fingerprint density at radius 1 is 1.28 bits per heavy atom. The summed E-state index contributed by atoms with van der Waals surface area (Å²) >= 11 is 6.17. The van der Waals surface area contributed by atoms with E-state index < -0.39 is 0 Å². The summed E-state index contributed by atoms with van der Waals surface area (Å²) in [5.41, 5.74) is 0.486. The summed E-state index contributed by atoms with van der Waals surface area (Å²) in [4.78, 5) is 15.0. The average molecular weight is 369 g/mol. The van der Waals surface area contributed by atoms with Gasteiger partial charge < -0.3 is 19.5 Å². The molecule has 1 fully saturated rings. The van der Waals surface area contributed by atoms with E-state index in [9.17, 15) is 4.79 Å². The summed E-state index contributed by atoms with van der Waals surface area (Å²) in [6.45, 7) is 8.45. The summed E-state index contributed by atoms with van der Waals surface area (Å²) in [6.07, 6.45) is 1.03. The number of carbonyl (C=O) groups excluding carboxylic acids is 1. The molecule has 0 spiro atoms. The molecule has 0 aromatic heterocycles. The fraction of sp³-hybridized carbons (Fsp3) is 0.611. The van der Waals surface area contributed by atoms with Gasteiger partial charge in [0.1, 0.15) is 0 Å². The largest absolute Gasteiger partial charge is 0.454 e. The number of hydrogen-bond donors (Lipinski definition) is 1. The first kappa shape index (κ1) is 18.3. The molecule has 7 heteroatoms. The van der Waals surface area contributed by atoms with Crippen LogP contribution in [0.15, 0.2) is 12.1 Å². The van der Waals surface area contributed by atoms with Crippen LogP contribution in [0.3, 0.4) is 0 Å². The van der Waals surface area contributed by atoms with Crippen molar-refractivity contribution in [3.8, 4) is 11.5 Å². The summed E-state index contributed by atoms with van der Waals surface area (Å²) in [6, 6.07) is 3.60. The first-order valence-corrected chi connectivity index (χ1v) is 9.11. The van der Waals surface area contributed by atoms with Gasteiger partial charge in [0.25, 0.3) is 5.91 Å². The fourth-order valence-electron chi connectivity index (χ4n) is 3.26. The molecule has 6 nitrogen and oxygen atoms in total. The second-order valence-corrected chi connectivity index (χ2v) is 7.24. The van der Waals surface area contributed by atoms with Gasteiger partial charge >= 0.3 is 0 Å². The van der Waals surface area contributed by atoms with Crippen molar-refractivity contribution < 1.29 is 19.0 Å². The van der Waals surface area contributed by atoms with Gasteiger partial charge in [-0.2, -0.15) is 0 Å². The number of nitrogens with one attached hydrogen (secondary N) is 1. The SMILES string of the molecule is CC(C)CC(CNC(=O)c1cc(Cl)c2c(c1)OCO2)N1CCOCC1. The van der Waals surface area contributed by atoms with Crippen LogP contribution in [0.5, 0.6) is 11.5 Å². The van der Waals surface area contributed by atoms with E-state index in [0.717, 1.165) is 32.7 Å². The Kier molecular flexibility index (Phi) is 6.04. The van der Waals surface area contributed by atoms with E-state index in [1.54, 1.807) is 12.1 Å². The average Bonchev–Trinajstić information content (AvgIpc) is 3.08. The molecule has 3 rings (SSSR count). The van der Waals surface area contributed by atoms with Crippen molar-refractivity contribution in [3.05, 3.63) is 22.7 Å². The van der Waals surface area contributed by atoms with E-state index in [1.165, 1.54) is 0 Å². The molecule has 0 saturated carbocycles. The van der Waals surface area contributed by atoms with Crippen LogP contribution >= 0.6 is 11.6 Å². The molecule has 1 atom stereocenters. The third-order valence-corrected chi connectivity index (χ3v) is 4.77. The molecule has 2 heterocycles. The molecule has 2 aliphatic rings. The van der Waals surface area contributed by atoms with E-state index in [-0.39, 0.29) is 12.7 Å². The Hall–Kier alpha value is -1.50. The maximum atomic E-state index is 12.6. The lowest BCUT2D eigenvalue weighted by molar-refractivity contribution is 0.0124. The minimum atomic E-state index is -0.151. The number of nitrogens with zero attached hydrogens (tertiary/aromatic N) is 1. The van der Waals surface area contributed by atoms with Crippen LogP contribution in [-0.2, 0) is 4.74 Å².